The summed E-state index contributed by atoms with van der Waals surface area (Å²) in [6.07, 6.45) is 7.45. The molecule has 2 fully saturated rings. The second kappa shape index (κ2) is 9.51. The van der Waals surface area contributed by atoms with E-state index >= 15 is 0 Å². The Morgan fingerprint density at radius 3 is 2.10 bits per heavy atom. The summed E-state index contributed by atoms with van der Waals surface area (Å²) < 4.78 is 5.41. The minimum atomic E-state index is -0.497. The van der Waals surface area contributed by atoms with E-state index in [1.807, 2.05) is 45.0 Å². The molecule has 0 spiro atoms. The highest BCUT2D eigenvalue weighted by molar-refractivity contribution is 5.92. The zero-order valence-corrected chi connectivity index (χ0v) is 18.0. The van der Waals surface area contributed by atoms with E-state index in [2.05, 4.69) is 10.6 Å². The average Bonchev–Trinajstić information content (AvgIpc) is 2.69. The molecular weight excluding hydrogens is 366 g/mol. The van der Waals surface area contributed by atoms with Gasteiger partial charge in [-0.25, -0.2) is 4.79 Å². The molecule has 1 aliphatic carbocycles. The van der Waals surface area contributed by atoms with Crippen LogP contribution in [0.25, 0.3) is 0 Å². The molecule has 1 aliphatic heterocycles. The first-order valence-electron chi connectivity index (χ1n) is 11.0. The van der Waals surface area contributed by atoms with Gasteiger partial charge >= 0.3 is 6.09 Å². The van der Waals surface area contributed by atoms with Crippen molar-refractivity contribution in [3.8, 4) is 0 Å². The molecule has 6 nitrogen and oxygen atoms in total. The molecule has 160 valence electrons. The molecule has 6 heteroatoms. The van der Waals surface area contributed by atoms with Crippen molar-refractivity contribution in [2.45, 2.75) is 77.4 Å². The Hall–Kier alpha value is -2.24. The summed E-state index contributed by atoms with van der Waals surface area (Å²) in [4.78, 5) is 26.5. The van der Waals surface area contributed by atoms with Crippen molar-refractivity contribution in [1.82, 2.24) is 4.90 Å². The highest BCUT2D eigenvalue weighted by Gasteiger charge is 2.29. The third kappa shape index (κ3) is 6.65. The first-order chi connectivity index (χ1) is 13.8. The van der Waals surface area contributed by atoms with E-state index in [9.17, 15) is 9.59 Å². The number of hydrogen-bond donors (Lipinski definition) is 2. The SMILES string of the molecule is CC(C)(C)OC(=O)N1CCC(C(=O)Nc2ccc(NC3CCCCC3)cc2)CC1. The van der Waals surface area contributed by atoms with Gasteiger partial charge < -0.3 is 20.3 Å². The number of anilines is 2. The second-order valence-corrected chi connectivity index (χ2v) is 9.29. The van der Waals surface area contributed by atoms with E-state index in [0.29, 0.717) is 32.0 Å². The Balaban J connectivity index is 1.44. The quantitative estimate of drug-likeness (QED) is 0.743. The molecule has 2 N–H and O–H groups in total. The maximum absolute atomic E-state index is 12.6. The summed E-state index contributed by atoms with van der Waals surface area (Å²) in [6, 6.07) is 8.56. The zero-order valence-electron chi connectivity index (χ0n) is 18.0. The number of amides is 2. The van der Waals surface area contributed by atoms with Gasteiger partial charge in [0.2, 0.25) is 5.91 Å². The predicted molar refractivity (Wildman–Crippen MR) is 116 cm³/mol. The number of likely N-dealkylation sites (tertiary alicyclic amines) is 1. The van der Waals surface area contributed by atoms with Crippen LogP contribution in [0.1, 0.15) is 65.7 Å². The third-order valence-electron chi connectivity index (χ3n) is 5.65. The molecule has 2 amide bonds. The monoisotopic (exact) mass is 401 g/mol. The minimum absolute atomic E-state index is 0.0295. The van der Waals surface area contributed by atoms with Crippen molar-refractivity contribution >= 4 is 23.4 Å². The molecule has 1 saturated heterocycles. The standard InChI is InChI=1S/C23H35N3O3/c1-23(2,3)29-22(28)26-15-13-17(14-16-26)21(27)25-20-11-9-19(10-12-20)24-18-7-5-4-6-8-18/h9-12,17-18,24H,4-8,13-16H2,1-3H3,(H,25,27). The van der Waals surface area contributed by atoms with Gasteiger partial charge in [0, 0.05) is 36.4 Å². The number of rotatable bonds is 4. The molecule has 0 bridgehead atoms. The van der Waals surface area contributed by atoms with Gasteiger partial charge in [-0.05, 0) is 70.7 Å². The molecule has 0 atom stereocenters. The van der Waals surface area contributed by atoms with Crippen molar-refractivity contribution in [2.24, 2.45) is 5.92 Å². The Bertz CT molecular complexity index is 682. The lowest BCUT2D eigenvalue weighted by atomic mass is 9.95. The number of carbonyl (C=O) groups excluding carboxylic acids is 2. The normalized spacial score (nSPS) is 18.9. The molecule has 29 heavy (non-hydrogen) atoms. The van der Waals surface area contributed by atoms with Crippen LogP contribution in [-0.2, 0) is 9.53 Å². The van der Waals surface area contributed by atoms with Gasteiger partial charge in [0.1, 0.15) is 5.60 Å². The van der Waals surface area contributed by atoms with Crippen LogP contribution in [0.4, 0.5) is 16.2 Å². The van der Waals surface area contributed by atoms with E-state index < -0.39 is 5.60 Å². The fraction of sp³-hybridized carbons (Fsp3) is 0.652. The first-order valence-corrected chi connectivity index (χ1v) is 11.0. The first kappa shape index (κ1) is 21.5. The topological polar surface area (TPSA) is 70.7 Å². The third-order valence-corrected chi connectivity index (χ3v) is 5.65. The van der Waals surface area contributed by atoms with Crippen molar-refractivity contribution in [3.63, 3.8) is 0 Å². The lowest BCUT2D eigenvalue weighted by Crippen LogP contribution is -2.43. The number of carbonyl (C=O) groups is 2. The van der Waals surface area contributed by atoms with E-state index in [1.165, 1.54) is 32.1 Å². The summed E-state index contributed by atoms with van der Waals surface area (Å²) in [7, 11) is 0. The van der Waals surface area contributed by atoms with E-state index in [0.717, 1.165) is 11.4 Å². The second-order valence-electron chi connectivity index (χ2n) is 9.29. The van der Waals surface area contributed by atoms with Crippen LogP contribution in [0.2, 0.25) is 0 Å². The molecule has 1 saturated carbocycles. The number of piperidine rings is 1. The number of nitrogens with zero attached hydrogens (tertiary/aromatic N) is 1. The maximum Gasteiger partial charge on any atom is 0.410 e. The number of nitrogens with one attached hydrogen (secondary N) is 2. The Morgan fingerprint density at radius 2 is 1.52 bits per heavy atom. The fourth-order valence-corrected chi connectivity index (χ4v) is 4.03. The van der Waals surface area contributed by atoms with Crippen molar-refractivity contribution in [3.05, 3.63) is 24.3 Å². The summed E-state index contributed by atoms with van der Waals surface area (Å²) in [5.41, 5.74) is 1.43. The van der Waals surface area contributed by atoms with Gasteiger partial charge in [-0.2, -0.15) is 0 Å². The van der Waals surface area contributed by atoms with Gasteiger partial charge in [-0.15, -0.1) is 0 Å². The summed E-state index contributed by atoms with van der Waals surface area (Å²) in [5, 5.41) is 6.62. The van der Waals surface area contributed by atoms with Gasteiger partial charge in [-0.1, -0.05) is 19.3 Å². The van der Waals surface area contributed by atoms with E-state index in [-0.39, 0.29) is 17.9 Å². The maximum atomic E-state index is 12.6. The van der Waals surface area contributed by atoms with Crippen LogP contribution < -0.4 is 10.6 Å². The Kier molecular flexibility index (Phi) is 7.04. The van der Waals surface area contributed by atoms with Crippen LogP contribution in [-0.4, -0.2) is 41.6 Å². The lowest BCUT2D eigenvalue weighted by molar-refractivity contribution is -0.121. The zero-order chi connectivity index (χ0) is 20.9. The largest absolute Gasteiger partial charge is 0.444 e. The van der Waals surface area contributed by atoms with Gasteiger partial charge in [0.05, 0.1) is 0 Å². The number of hydrogen-bond acceptors (Lipinski definition) is 4. The molecule has 1 heterocycles. The lowest BCUT2D eigenvalue weighted by Gasteiger charge is -2.32. The summed E-state index contributed by atoms with van der Waals surface area (Å²) in [6.45, 7) is 6.69. The molecule has 1 aromatic carbocycles. The van der Waals surface area contributed by atoms with Gasteiger partial charge in [0.15, 0.2) is 0 Å². The highest BCUT2D eigenvalue weighted by atomic mass is 16.6. The van der Waals surface area contributed by atoms with Crippen LogP contribution in [0.3, 0.4) is 0 Å². The van der Waals surface area contributed by atoms with Gasteiger partial charge in [-0.3, -0.25) is 4.79 Å². The molecule has 0 unspecified atom stereocenters. The van der Waals surface area contributed by atoms with Crippen molar-refractivity contribution in [1.29, 1.82) is 0 Å². The number of benzene rings is 1. The molecule has 0 radical (unpaired) electrons. The van der Waals surface area contributed by atoms with Crippen LogP contribution >= 0.6 is 0 Å². The van der Waals surface area contributed by atoms with Crippen LogP contribution in [0.5, 0.6) is 0 Å². The fourth-order valence-electron chi connectivity index (χ4n) is 4.03. The summed E-state index contributed by atoms with van der Waals surface area (Å²) in [5.74, 6) is -0.0458. The molecule has 0 aromatic heterocycles. The molecular formula is C23H35N3O3. The van der Waals surface area contributed by atoms with E-state index in [1.54, 1.807) is 4.90 Å². The molecule has 3 rings (SSSR count). The predicted octanol–water partition coefficient (Wildman–Crippen LogP) is 5.02. The minimum Gasteiger partial charge on any atom is -0.444 e. The van der Waals surface area contributed by atoms with E-state index in [4.69, 9.17) is 4.74 Å². The smallest absolute Gasteiger partial charge is 0.410 e. The Morgan fingerprint density at radius 1 is 0.931 bits per heavy atom. The molecule has 1 aromatic rings. The number of ether oxygens (including phenoxy) is 1. The summed E-state index contributed by atoms with van der Waals surface area (Å²) >= 11 is 0. The van der Waals surface area contributed by atoms with Gasteiger partial charge in [0.25, 0.3) is 0 Å². The van der Waals surface area contributed by atoms with Crippen molar-refractivity contribution in [2.75, 3.05) is 23.7 Å². The average molecular weight is 402 g/mol. The van der Waals surface area contributed by atoms with Crippen LogP contribution in [0, 0.1) is 5.92 Å². The van der Waals surface area contributed by atoms with Crippen molar-refractivity contribution < 1.29 is 14.3 Å². The van der Waals surface area contributed by atoms with Crippen LogP contribution in [0.15, 0.2) is 24.3 Å². The molecule has 2 aliphatic rings. The Labute approximate surface area is 174 Å². The highest BCUT2D eigenvalue weighted by Crippen LogP contribution is 2.24.